The molecule has 3 aromatic rings. The van der Waals surface area contributed by atoms with Crippen LogP contribution in [-0.4, -0.2) is 21.1 Å². The number of nitrogens with zero attached hydrogens (tertiary/aromatic N) is 3. The smallest absolute Gasteiger partial charge is 0.154 e. The molecule has 0 saturated heterocycles. The maximum absolute atomic E-state index is 5.67. The molecule has 5 heteroatoms. The fraction of sp³-hybridized carbons (Fsp3) is 0.200. The van der Waals surface area contributed by atoms with Gasteiger partial charge in [-0.15, -0.1) is 0 Å². The van der Waals surface area contributed by atoms with Gasteiger partial charge in [0.25, 0.3) is 0 Å². The van der Waals surface area contributed by atoms with Crippen LogP contribution in [0, 0.1) is 6.92 Å². The van der Waals surface area contributed by atoms with Gasteiger partial charge in [0.15, 0.2) is 5.65 Å². The molecule has 0 bridgehead atoms. The Morgan fingerprint density at radius 3 is 2.85 bits per heavy atom. The number of imidazole rings is 1. The van der Waals surface area contributed by atoms with Gasteiger partial charge in [-0.2, -0.15) is 5.10 Å². The number of hydrogen-bond acceptors (Lipinski definition) is 3. The summed E-state index contributed by atoms with van der Waals surface area (Å²) in [5.74, 6) is 0. The minimum Gasteiger partial charge on any atom is -0.330 e. The van der Waals surface area contributed by atoms with E-state index < -0.39 is 0 Å². The Balaban J connectivity index is 2.16. The summed E-state index contributed by atoms with van der Waals surface area (Å²) in [5, 5.41) is 4.70. The second-order valence-corrected chi connectivity index (χ2v) is 5.60. The maximum atomic E-state index is 5.67. The number of aromatic nitrogens is 3. The van der Waals surface area contributed by atoms with Crippen molar-refractivity contribution in [3.8, 4) is 11.3 Å². The molecule has 3 rings (SSSR count). The minimum atomic E-state index is 0.595. The Morgan fingerprint density at radius 2 is 2.10 bits per heavy atom. The molecule has 0 aliphatic heterocycles. The molecular formula is C15H15BrN4. The van der Waals surface area contributed by atoms with Gasteiger partial charge in [0.05, 0.1) is 17.1 Å². The van der Waals surface area contributed by atoms with Crippen molar-refractivity contribution in [2.24, 2.45) is 5.73 Å². The van der Waals surface area contributed by atoms with Crippen molar-refractivity contribution >= 4 is 21.6 Å². The van der Waals surface area contributed by atoms with Crippen LogP contribution in [0.2, 0.25) is 0 Å². The van der Waals surface area contributed by atoms with Crippen molar-refractivity contribution < 1.29 is 0 Å². The second-order valence-electron chi connectivity index (χ2n) is 4.68. The Bertz CT molecular complexity index is 764. The molecule has 0 unspecified atom stereocenters. The number of nitrogens with two attached hydrogens (primary N) is 1. The third-order valence-corrected chi connectivity index (χ3v) is 3.77. The van der Waals surface area contributed by atoms with Gasteiger partial charge in [-0.25, -0.2) is 9.50 Å². The summed E-state index contributed by atoms with van der Waals surface area (Å²) < 4.78 is 2.94. The molecule has 0 fully saturated rings. The lowest BCUT2D eigenvalue weighted by Gasteiger charge is -2.04. The topological polar surface area (TPSA) is 56.2 Å². The highest BCUT2D eigenvalue weighted by molar-refractivity contribution is 9.10. The second kappa shape index (κ2) is 5.34. The maximum Gasteiger partial charge on any atom is 0.154 e. The summed E-state index contributed by atoms with van der Waals surface area (Å²) in [6.07, 6.45) is 0.780. The van der Waals surface area contributed by atoms with E-state index in [1.165, 1.54) is 0 Å². The highest BCUT2D eigenvalue weighted by atomic mass is 79.9. The lowest BCUT2D eigenvalue weighted by molar-refractivity contribution is 0.823. The summed E-state index contributed by atoms with van der Waals surface area (Å²) in [4.78, 5) is 4.52. The first-order valence-corrected chi connectivity index (χ1v) is 7.29. The predicted octanol–water partition coefficient (Wildman–Crippen LogP) is 2.97. The van der Waals surface area contributed by atoms with E-state index in [4.69, 9.17) is 10.8 Å². The van der Waals surface area contributed by atoms with Crippen LogP contribution in [0.1, 0.15) is 11.4 Å². The van der Waals surface area contributed by atoms with E-state index in [0.29, 0.717) is 6.54 Å². The van der Waals surface area contributed by atoms with Gasteiger partial charge in [-0.3, -0.25) is 0 Å². The van der Waals surface area contributed by atoms with E-state index in [-0.39, 0.29) is 0 Å². The highest BCUT2D eigenvalue weighted by Crippen LogP contribution is 2.22. The molecule has 0 aliphatic carbocycles. The number of aryl methyl sites for hydroxylation is 1. The molecule has 0 atom stereocenters. The van der Waals surface area contributed by atoms with Gasteiger partial charge < -0.3 is 5.73 Å². The van der Waals surface area contributed by atoms with Crippen LogP contribution in [-0.2, 0) is 6.42 Å². The van der Waals surface area contributed by atoms with E-state index in [0.717, 1.165) is 39.2 Å². The molecule has 0 saturated carbocycles. The summed E-state index contributed by atoms with van der Waals surface area (Å²) in [6, 6.07) is 12.1. The third kappa shape index (κ3) is 2.34. The Morgan fingerprint density at radius 1 is 1.25 bits per heavy atom. The van der Waals surface area contributed by atoms with Gasteiger partial charge in [-0.1, -0.05) is 28.1 Å². The molecule has 0 aliphatic rings. The Kier molecular flexibility index (Phi) is 3.54. The van der Waals surface area contributed by atoms with Crippen molar-refractivity contribution in [1.29, 1.82) is 0 Å². The van der Waals surface area contributed by atoms with E-state index in [1.54, 1.807) is 0 Å². The molecule has 2 heterocycles. The molecule has 0 amide bonds. The van der Waals surface area contributed by atoms with Crippen LogP contribution < -0.4 is 5.73 Å². The predicted molar refractivity (Wildman–Crippen MR) is 83.6 cm³/mol. The fourth-order valence-electron chi connectivity index (χ4n) is 2.31. The van der Waals surface area contributed by atoms with Crippen molar-refractivity contribution in [3.63, 3.8) is 0 Å². The van der Waals surface area contributed by atoms with Crippen LogP contribution in [0.25, 0.3) is 16.9 Å². The fourth-order valence-corrected chi connectivity index (χ4v) is 2.71. The van der Waals surface area contributed by atoms with Crippen LogP contribution in [0.4, 0.5) is 0 Å². The molecule has 4 nitrogen and oxygen atoms in total. The highest BCUT2D eigenvalue weighted by Gasteiger charge is 2.10. The van der Waals surface area contributed by atoms with E-state index in [2.05, 4.69) is 27.0 Å². The van der Waals surface area contributed by atoms with Gasteiger partial charge in [0.2, 0.25) is 0 Å². The molecule has 1 aromatic carbocycles. The van der Waals surface area contributed by atoms with Crippen molar-refractivity contribution in [2.45, 2.75) is 13.3 Å². The number of halogens is 1. The Labute approximate surface area is 125 Å². The average molecular weight is 331 g/mol. The molecule has 2 aromatic heterocycles. The third-order valence-electron chi connectivity index (χ3n) is 3.27. The summed E-state index contributed by atoms with van der Waals surface area (Å²) in [7, 11) is 0. The quantitative estimate of drug-likeness (QED) is 0.803. The Hall–Kier alpha value is -1.72. The van der Waals surface area contributed by atoms with Crippen LogP contribution in [0.5, 0.6) is 0 Å². The van der Waals surface area contributed by atoms with Gasteiger partial charge in [-0.05, 0) is 37.7 Å². The lowest BCUT2D eigenvalue weighted by atomic mass is 10.1. The first kappa shape index (κ1) is 13.3. The first-order valence-electron chi connectivity index (χ1n) is 6.50. The first-order chi connectivity index (χ1) is 9.69. The molecule has 0 spiro atoms. The van der Waals surface area contributed by atoms with E-state index >= 15 is 0 Å². The zero-order valence-corrected chi connectivity index (χ0v) is 12.8. The van der Waals surface area contributed by atoms with Crippen molar-refractivity contribution in [2.75, 3.05) is 6.54 Å². The molecule has 0 radical (unpaired) electrons. The normalized spacial score (nSPS) is 11.2. The molecule has 2 N–H and O–H groups in total. The monoisotopic (exact) mass is 330 g/mol. The zero-order chi connectivity index (χ0) is 14.1. The average Bonchev–Trinajstić information content (AvgIpc) is 2.75. The van der Waals surface area contributed by atoms with E-state index in [9.17, 15) is 0 Å². The van der Waals surface area contributed by atoms with Gasteiger partial charge >= 0.3 is 0 Å². The summed E-state index contributed by atoms with van der Waals surface area (Å²) in [5.41, 5.74) is 10.6. The standard InChI is InChI=1S/C15H15BrN4/c1-10-14(7-8-17)20-15(18-10)6-5-13(19-20)11-3-2-4-12(16)9-11/h2-6,9H,7-8,17H2,1H3. The number of rotatable bonds is 3. The minimum absolute atomic E-state index is 0.595. The largest absolute Gasteiger partial charge is 0.330 e. The van der Waals surface area contributed by atoms with Gasteiger partial charge in [0.1, 0.15) is 0 Å². The summed E-state index contributed by atoms with van der Waals surface area (Å²) >= 11 is 3.49. The molecule has 20 heavy (non-hydrogen) atoms. The van der Waals surface area contributed by atoms with Crippen LogP contribution in [0.3, 0.4) is 0 Å². The van der Waals surface area contributed by atoms with E-state index in [1.807, 2.05) is 41.8 Å². The molecular weight excluding hydrogens is 316 g/mol. The molecule has 102 valence electrons. The zero-order valence-electron chi connectivity index (χ0n) is 11.2. The van der Waals surface area contributed by atoms with Crippen LogP contribution >= 0.6 is 15.9 Å². The number of fused-ring (bicyclic) bond motifs is 1. The van der Waals surface area contributed by atoms with Crippen LogP contribution in [0.15, 0.2) is 40.9 Å². The number of benzene rings is 1. The lowest BCUT2D eigenvalue weighted by Crippen LogP contribution is -2.08. The summed E-state index contributed by atoms with van der Waals surface area (Å²) in [6.45, 7) is 2.59. The van der Waals surface area contributed by atoms with Crippen molar-refractivity contribution in [3.05, 3.63) is 52.3 Å². The number of hydrogen-bond donors (Lipinski definition) is 1. The van der Waals surface area contributed by atoms with Gasteiger partial charge in [0, 0.05) is 16.5 Å². The van der Waals surface area contributed by atoms with Crippen molar-refractivity contribution in [1.82, 2.24) is 14.6 Å². The SMILES string of the molecule is Cc1nc2ccc(-c3cccc(Br)c3)nn2c1CCN.